The average Bonchev–Trinajstić information content (AvgIpc) is 3.15. The molecular weight excluding hydrogens is 363 g/mol. The second-order valence-electron chi connectivity index (χ2n) is 6.43. The van der Waals surface area contributed by atoms with Crippen LogP contribution in [0.25, 0.3) is 0 Å². The van der Waals surface area contributed by atoms with Crippen LogP contribution in [0.1, 0.15) is 22.9 Å². The van der Waals surface area contributed by atoms with Gasteiger partial charge in [0, 0.05) is 31.1 Å². The number of rotatable bonds is 6. The van der Waals surface area contributed by atoms with E-state index in [1.165, 1.54) is 22.6 Å². The second kappa shape index (κ2) is 9.50. The fraction of sp³-hybridized carbons (Fsp3) is 0.400. The maximum Gasteiger partial charge on any atom is 0.244 e. The fourth-order valence-electron chi connectivity index (χ4n) is 3.03. The molecule has 1 aliphatic heterocycles. The Morgan fingerprint density at radius 3 is 2.85 bits per heavy atom. The summed E-state index contributed by atoms with van der Waals surface area (Å²) in [6.07, 6.45) is 1.68. The molecule has 1 aromatic carbocycles. The molecule has 27 heavy (non-hydrogen) atoms. The van der Waals surface area contributed by atoms with Crippen LogP contribution >= 0.6 is 11.3 Å². The topological polar surface area (TPSA) is 56.7 Å². The van der Waals surface area contributed by atoms with Crippen LogP contribution in [-0.4, -0.2) is 42.9 Å². The lowest BCUT2D eigenvalue weighted by Gasteiger charge is -2.26. The van der Waals surface area contributed by atoms with Gasteiger partial charge in [-0.1, -0.05) is 12.1 Å². The summed E-state index contributed by atoms with van der Waals surface area (Å²) >= 11 is 1.77. The lowest BCUT2D eigenvalue weighted by Crippen LogP contribution is -2.40. The smallest absolute Gasteiger partial charge is 0.244 e. The molecule has 0 aliphatic carbocycles. The van der Waals surface area contributed by atoms with E-state index in [1.54, 1.807) is 23.5 Å². The van der Waals surface area contributed by atoms with Gasteiger partial charge in [-0.3, -0.25) is 4.79 Å². The standard InChI is InChI=1S/C20H25FN4OS/c1-2-22-20(23-10-7-15-3-5-17(21)6-4-15)24-13-19(26)25-11-8-18-16(14-25)9-12-27-18/h3-6,9,12H,2,7-8,10-11,13-14H2,1H3,(H2,22,23,24). The normalized spacial score (nSPS) is 14.0. The molecule has 0 unspecified atom stereocenters. The van der Waals surface area contributed by atoms with Crippen LogP contribution in [-0.2, 0) is 24.2 Å². The van der Waals surface area contributed by atoms with Crippen molar-refractivity contribution >= 4 is 23.2 Å². The summed E-state index contributed by atoms with van der Waals surface area (Å²) in [5, 5.41) is 8.48. The van der Waals surface area contributed by atoms with E-state index in [9.17, 15) is 9.18 Å². The number of halogens is 1. The Kier molecular flexibility index (Phi) is 6.81. The Morgan fingerprint density at radius 1 is 1.26 bits per heavy atom. The number of carbonyl (C=O) groups is 1. The van der Waals surface area contributed by atoms with Crippen LogP contribution < -0.4 is 10.6 Å². The predicted octanol–water partition coefficient (Wildman–Crippen LogP) is 2.57. The molecule has 0 atom stereocenters. The quantitative estimate of drug-likeness (QED) is 0.591. The number of hydrogen-bond acceptors (Lipinski definition) is 3. The van der Waals surface area contributed by atoms with Gasteiger partial charge >= 0.3 is 0 Å². The van der Waals surface area contributed by atoms with Crippen LogP contribution in [0.2, 0.25) is 0 Å². The monoisotopic (exact) mass is 388 g/mol. The van der Waals surface area contributed by atoms with Gasteiger partial charge in [0.05, 0.1) is 0 Å². The lowest BCUT2D eigenvalue weighted by atomic mass is 10.1. The summed E-state index contributed by atoms with van der Waals surface area (Å²) in [7, 11) is 0. The van der Waals surface area contributed by atoms with Crippen LogP contribution in [0.15, 0.2) is 40.7 Å². The highest BCUT2D eigenvalue weighted by molar-refractivity contribution is 7.10. The molecule has 5 nitrogen and oxygen atoms in total. The van der Waals surface area contributed by atoms with Crippen molar-refractivity contribution in [1.82, 2.24) is 15.5 Å². The van der Waals surface area contributed by atoms with Crippen molar-refractivity contribution in [2.45, 2.75) is 26.3 Å². The summed E-state index contributed by atoms with van der Waals surface area (Å²) in [5.74, 6) is 0.441. The molecule has 144 valence electrons. The van der Waals surface area contributed by atoms with E-state index in [4.69, 9.17) is 0 Å². The van der Waals surface area contributed by atoms with Gasteiger partial charge in [0.2, 0.25) is 5.91 Å². The molecule has 0 saturated carbocycles. The number of fused-ring (bicyclic) bond motifs is 1. The third kappa shape index (κ3) is 5.53. The van der Waals surface area contributed by atoms with Gasteiger partial charge in [0.25, 0.3) is 0 Å². The average molecular weight is 389 g/mol. The predicted molar refractivity (Wildman–Crippen MR) is 108 cm³/mol. The van der Waals surface area contributed by atoms with Crippen LogP contribution in [0.3, 0.4) is 0 Å². The first-order valence-electron chi connectivity index (χ1n) is 9.25. The minimum Gasteiger partial charge on any atom is -0.357 e. The van der Waals surface area contributed by atoms with Crippen molar-refractivity contribution in [2.24, 2.45) is 4.99 Å². The summed E-state index contributed by atoms with van der Waals surface area (Å²) in [5.41, 5.74) is 2.31. The van der Waals surface area contributed by atoms with Crippen molar-refractivity contribution in [1.29, 1.82) is 0 Å². The molecular formula is C20H25FN4OS. The Bertz CT molecular complexity index is 788. The number of thiophene rings is 1. The number of carbonyl (C=O) groups excluding carboxylic acids is 1. The molecule has 1 amide bonds. The van der Waals surface area contributed by atoms with Crippen molar-refractivity contribution in [2.75, 3.05) is 26.2 Å². The first-order valence-corrected chi connectivity index (χ1v) is 10.1. The van der Waals surface area contributed by atoms with E-state index in [-0.39, 0.29) is 18.3 Å². The van der Waals surface area contributed by atoms with Crippen molar-refractivity contribution < 1.29 is 9.18 Å². The Morgan fingerprint density at radius 2 is 2.07 bits per heavy atom. The number of benzene rings is 1. The Labute approximate surface area is 163 Å². The third-order valence-electron chi connectivity index (χ3n) is 4.50. The van der Waals surface area contributed by atoms with E-state index < -0.39 is 0 Å². The molecule has 0 spiro atoms. The first-order chi connectivity index (χ1) is 13.2. The zero-order valence-electron chi connectivity index (χ0n) is 15.5. The van der Waals surface area contributed by atoms with Gasteiger partial charge in [-0.2, -0.15) is 0 Å². The zero-order valence-corrected chi connectivity index (χ0v) is 16.3. The fourth-order valence-corrected chi connectivity index (χ4v) is 3.92. The minimum atomic E-state index is -0.229. The molecule has 7 heteroatoms. The molecule has 0 saturated heterocycles. The van der Waals surface area contributed by atoms with Gasteiger partial charge in [-0.25, -0.2) is 9.38 Å². The Balaban J connectivity index is 1.49. The molecule has 1 aromatic heterocycles. The van der Waals surface area contributed by atoms with Crippen molar-refractivity contribution in [3.63, 3.8) is 0 Å². The Hall–Kier alpha value is -2.41. The number of nitrogens with one attached hydrogen (secondary N) is 2. The highest BCUT2D eigenvalue weighted by Crippen LogP contribution is 2.23. The molecule has 0 radical (unpaired) electrons. The molecule has 2 N–H and O–H groups in total. The van der Waals surface area contributed by atoms with E-state index in [1.807, 2.05) is 11.8 Å². The van der Waals surface area contributed by atoms with Crippen LogP contribution in [0.4, 0.5) is 4.39 Å². The van der Waals surface area contributed by atoms with E-state index >= 15 is 0 Å². The summed E-state index contributed by atoms with van der Waals surface area (Å²) in [6, 6.07) is 8.58. The van der Waals surface area contributed by atoms with E-state index in [2.05, 4.69) is 27.1 Å². The maximum atomic E-state index is 13.0. The molecule has 3 rings (SSSR count). The summed E-state index contributed by atoms with van der Waals surface area (Å²) in [6.45, 7) is 4.94. The molecule has 2 heterocycles. The highest BCUT2D eigenvalue weighted by Gasteiger charge is 2.21. The van der Waals surface area contributed by atoms with Gasteiger partial charge in [0.15, 0.2) is 5.96 Å². The summed E-state index contributed by atoms with van der Waals surface area (Å²) < 4.78 is 13.0. The zero-order chi connectivity index (χ0) is 19.1. The SMILES string of the molecule is CCNC(=NCC(=O)N1CCc2sccc2C1)NCCc1ccc(F)cc1. The van der Waals surface area contributed by atoms with E-state index in [0.717, 1.165) is 31.5 Å². The lowest BCUT2D eigenvalue weighted by molar-refractivity contribution is -0.130. The van der Waals surface area contributed by atoms with Gasteiger partial charge in [-0.15, -0.1) is 11.3 Å². The molecule has 2 aromatic rings. The number of hydrogen-bond donors (Lipinski definition) is 2. The number of aliphatic imine (C=N–C) groups is 1. The number of nitrogens with zero attached hydrogens (tertiary/aromatic N) is 2. The number of guanidine groups is 1. The van der Waals surface area contributed by atoms with Crippen molar-refractivity contribution in [3.8, 4) is 0 Å². The van der Waals surface area contributed by atoms with Gasteiger partial charge in [0.1, 0.15) is 12.4 Å². The minimum absolute atomic E-state index is 0.0441. The number of amides is 1. The van der Waals surface area contributed by atoms with Gasteiger partial charge < -0.3 is 15.5 Å². The first kappa shape index (κ1) is 19.4. The van der Waals surface area contributed by atoms with Crippen molar-refractivity contribution in [3.05, 3.63) is 57.5 Å². The van der Waals surface area contributed by atoms with E-state index in [0.29, 0.717) is 19.0 Å². The molecule has 1 aliphatic rings. The van der Waals surface area contributed by atoms with Crippen LogP contribution in [0, 0.1) is 5.82 Å². The highest BCUT2D eigenvalue weighted by atomic mass is 32.1. The van der Waals surface area contributed by atoms with Gasteiger partial charge in [-0.05, 0) is 54.5 Å². The largest absolute Gasteiger partial charge is 0.357 e. The second-order valence-corrected chi connectivity index (χ2v) is 7.43. The molecule has 0 fully saturated rings. The third-order valence-corrected chi connectivity index (χ3v) is 5.52. The molecule has 0 bridgehead atoms. The summed E-state index contributed by atoms with van der Waals surface area (Å²) in [4.78, 5) is 20.2. The van der Waals surface area contributed by atoms with Crippen LogP contribution in [0.5, 0.6) is 0 Å². The maximum absolute atomic E-state index is 13.0.